The summed E-state index contributed by atoms with van der Waals surface area (Å²) in [6, 6.07) is 3.36. The number of hydrogen-bond acceptors (Lipinski definition) is 5. The van der Waals surface area contributed by atoms with Crippen LogP contribution in [0.2, 0.25) is 0 Å². The van der Waals surface area contributed by atoms with Crippen LogP contribution >= 0.6 is 11.3 Å². The molecule has 6 heteroatoms. The van der Waals surface area contributed by atoms with Gasteiger partial charge in [-0.15, -0.1) is 11.3 Å². The van der Waals surface area contributed by atoms with Gasteiger partial charge in [-0.05, 0) is 0 Å². The van der Waals surface area contributed by atoms with Crippen LogP contribution in [0.1, 0.15) is 5.69 Å². The molecule has 0 aliphatic rings. The van der Waals surface area contributed by atoms with E-state index >= 15 is 0 Å². The SMILES string of the molecule is N#Cc1csc(-n2nccc2O)n1. The van der Waals surface area contributed by atoms with Crippen LogP contribution < -0.4 is 0 Å². The van der Waals surface area contributed by atoms with Crippen LogP contribution in [-0.4, -0.2) is 19.9 Å². The lowest BCUT2D eigenvalue weighted by atomic mass is 10.6. The van der Waals surface area contributed by atoms with Crippen molar-refractivity contribution in [1.82, 2.24) is 14.8 Å². The molecule has 0 unspecified atom stereocenters. The average molecular weight is 192 g/mol. The number of aromatic hydroxyl groups is 1. The van der Waals surface area contributed by atoms with E-state index in [1.807, 2.05) is 6.07 Å². The van der Waals surface area contributed by atoms with Gasteiger partial charge in [0.25, 0.3) is 0 Å². The predicted molar refractivity (Wildman–Crippen MR) is 45.6 cm³/mol. The summed E-state index contributed by atoms with van der Waals surface area (Å²) in [6.45, 7) is 0. The summed E-state index contributed by atoms with van der Waals surface area (Å²) in [4.78, 5) is 3.93. The topological polar surface area (TPSA) is 74.7 Å². The molecule has 0 saturated carbocycles. The largest absolute Gasteiger partial charge is 0.493 e. The lowest BCUT2D eigenvalue weighted by molar-refractivity contribution is 0.433. The Kier molecular flexibility index (Phi) is 1.72. The maximum absolute atomic E-state index is 9.27. The van der Waals surface area contributed by atoms with Gasteiger partial charge in [0.05, 0.1) is 6.20 Å². The fourth-order valence-corrected chi connectivity index (χ4v) is 1.57. The van der Waals surface area contributed by atoms with Gasteiger partial charge in [-0.3, -0.25) is 0 Å². The van der Waals surface area contributed by atoms with Gasteiger partial charge in [0.1, 0.15) is 6.07 Å². The van der Waals surface area contributed by atoms with Crippen LogP contribution in [0, 0.1) is 11.3 Å². The molecule has 2 aromatic heterocycles. The molecule has 0 aliphatic heterocycles. The molecule has 13 heavy (non-hydrogen) atoms. The number of hydrogen-bond donors (Lipinski definition) is 1. The Hall–Kier alpha value is -1.87. The first-order valence-corrected chi connectivity index (χ1v) is 4.28. The maximum atomic E-state index is 9.27. The van der Waals surface area contributed by atoms with E-state index in [9.17, 15) is 5.11 Å². The zero-order chi connectivity index (χ0) is 9.26. The molecule has 5 nitrogen and oxygen atoms in total. The fourth-order valence-electron chi connectivity index (χ4n) is 0.857. The highest BCUT2D eigenvalue weighted by Gasteiger charge is 2.07. The zero-order valence-electron chi connectivity index (χ0n) is 6.38. The highest BCUT2D eigenvalue weighted by atomic mass is 32.1. The first kappa shape index (κ1) is 7.76. The summed E-state index contributed by atoms with van der Waals surface area (Å²) < 4.78 is 1.27. The van der Waals surface area contributed by atoms with E-state index in [1.165, 1.54) is 28.3 Å². The molecule has 0 saturated heterocycles. The third-order valence-electron chi connectivity index (χ3n) is 1.41. The van der Waals surface area contributed by atoms with E-state index in [0.29, 0.717) is 10.8 Å². The van der Waals surface area contributed by atoms with Crippen molar-refractivity contribution in [3.05, 3.63) is 23.3 Å². The fraction of sp³-hybridized carbons (Fsp3) is 0. The van der Waals surface area contributed by atoms with Crippen molar-refractivity contribution in [2.75, 3.05) is 0 Å². The zero-order valence-corrected chi connectivity index (χ0v) is 7.19. The summed E-state index contributed by atoms with van der Waals surface area (Å²) in [5.74, 6) is 0.0128. The van der Waals surface area contributed by atoms with Crippen molar-refractivity contribution in [3.63, 3.8) is 0 Å². The minimum atomic E-state index is 0.0128. The standard InChI is InChI=1S/C7H4N4OS/c8-3-5-4-13-7(10-5)11-6(12)1-2-9-11/h1-2,4,12H. The van der Waals surface area contributed by atoms with Crippen LogP contribution in [0.5, 0.6) is 5.88 Å². The molecule has 0 amide bonds. The van der Waals surface area contributed by atoms with Crippen molar-refractivity contribution in [2.45, 2.75) is 0 Å². The van der Waals surface area contributed by atoms with Gasteiger partial charge in [-0.1, -0.05) is 0 Å². The third-order valence-corrected chi connectivity index (χ3v) is 2.23. The summed E-state index contributed by atoms with van der Waals surface area (Å²) in [5, 5.41) is 23.7. The van der Waals surface area contributed by atoms with Crippen molar-refractivity contribution in [2.24, 2.45) is 0 Å². The molecule has 2 rings (SSSR count). The monoisotopic (exact) mass is 192 g/mol. The van der Waals surface area contributed by atoms with E-state index in [-0.39, 0.29) is 5.88 Å². The minimum Gasteiger partial charge on any atom is -0.493 e. The first-order valence-electron chi connectivity index (χ1n) is 3.40. The van der Waals surface area contributed by atoms with Gasteiger partial charge in [0, 0.05) is 11.4 Å². The smallest absolute Gasteiger partial charge is 0.216 e. The Morgan fingerprint density at radius 2 is 2.46 bits per heavy atom. The number of thiazole rings is 1. The van der Waals surface area contributed by atoms with Crippen molar-refractivity contribution >= 4 is 11.3 Å². The average Bonchev–Trinajstić information content (AvgIpc) is 2.71. The highest BCUT2D eigenvalue weighted by molar-refractivity contribution is 7.12. The van der Waals surface area contributed by atoms with Gasteiger partial charge >= 0.3 is 0 Å². The predicted octanol–water partition coefficient (Wildman–Crippen LogP) is 0.906. The maximum Gasteiger partial charge on any atom is 0.216 e. The Balaban J connectivity index is 2.48. The number of rotatable bonds is 1. The summed E-state index contributed by atoms with van der Waals surface area (Å²) in [7, 11) is 0. The Morgan fingerprint density at radius 1 is 1.62 bits per heavy atom. The Bertz CT molecular complexity index is 467. The first-order chi connectivity index (χ1) is 6.31. The van der Waals surface area contributed by atoms with Crippen LogP contribution in [0.15, 0.2) is 17.6 Å². The van der Waals surface area contributed by atoms with Crippen LogP contribution in [0.25, 0.3) is 5.13 Å². The molecule has 2 aromatic rings. The van der Waals surface area contributed by atoms with E-state index in [0.717, 1.165) is 0 Å². The Morgan fingerprint density at radius 3 is 3.00 bits per heavy atom. The van der Waals surface area contributed by atoms with Crippen molar-refractivity contribution < 1.29 is 5.11 Å². The van der Waals surface area contributed by atoms with E-state index in [1.54, 1.807) is 5.38 Å². The van der Waals surface area contributed by atoms with Crippen LogP contribution in [-0.2, 0) is 0 Å². The molecule has 0 aromatic carbocycles. The molecule has 0 atom stereocenters. The molecule has 0 aliphatic carbocycles. The summed E-state index contributed by atoms with van der Waals surface area (Å²) >= 11 is 1.25. The second kappa shape index (κ2) is 2.88. The minimum absolute atomic E-state index is 0.0128. The molecule has 1 N–H and O–H groups in total. The van der Waals surface area contributed by atoms with E-state index in [2.05, 4.69) is 10.1 Å². The van der Waals surface area contributed by atoms with E-state index < -0.39 is 0 Å². The second-order valence-electron chi connectivity index (χ2n) is 2.23. The molecule has 0 bridgehead atoms. The normalized spacial score (nSPS) is 9.77. The molecule has 0 fully saturated rings. The number of nitrogens with zero attached hydrogens (tertiary/aromatic N) is 4. The molecular weight excluding hydrogens is 188 g/mol. The number of nitriles is 1. The highest BCUT2D eigenvalue weighted by Crippen LogP contribution is 2.18. The third kappa shape index (κ3) is 1.25. The molecule has 0 radical (unpaired) electrons. The van der Waals surface area contributed by atoms with Gasteiger partial charge in [-0.25, -0.2) is 4.98 Å². The van der Waals surface area contributed by atoms with E-state index in [4.69, 9.17) is 5.26 Å². The summed E-state index contributed by atoms with van der Waals surface area (Å²) in [5.41, 5.74) is 0.329. The van der Waals surface area contributed by atoms with Gasteiger partial charge < -0.3 is 5.11 Å². The van der Waals surface area contributed by atoms with Gasteiger partial charge in [0.2, 0.25) is 11.0 Å². The molecule has 64 valence electrons. The van der Waals surface area contributed by atoms with Gasteiger partial charge in [-0.2, -0.15) is 15.0 Å². The quantitative estimate of drug-likeness (QED) is 0.728. The van der Waals surface area contributed by atoms with Crippen molar-refractivity contribution in [3.8, 4) is 17.1 Å². The lowest BCUT2D eigenvalue weighted by Crippen LogP contribution is -1.94. The lowest BCUT2D eigenvalue weighted by Gasteiger charge is -1.94. The summed E-state index contributed by atoms with van der Waals surface area (Å²) in [6.07, 6.45) is 1.46. The number of aromatic nitrogens is 3. The molecule has 0 spiro atoms. The Labute approximate surface area is 77.5 Å². The van der Waals surface area contributed by atoms with Crippen LogP contribution in [0.3, 0.4) is 0 Å². The van der Waals surface area contributed by atoms with Crippen molar-refractivity contribution in [1.29, 1.82) is 5.26 Å². The van der Waals surface area contributed by atoms with Crippen LogP contribution in [0.4, 0.5) is 0 Å². The second-order valence-corrected chi connectivity index (χ2v) is 3.06. The molecular formula is C7H4N4OS. The van der Waals surface area contributed by atoms with Gasteiger partial charge in [0.15, 0.2) is 5.69 Å². The molecule has 2 heterocycles.